The van der Waals surface area contributed by atoms with E-state index in [1.165, 1.54) is 6.07 Å². The van der Waals surface area contributed by atoms with Crippen molar-refractivity contribution in [3.8, 4) is 0 Å². The fraction of sp³-hybridized carbons (Fsp3) is 0.316. The average Bonchev–Trinajstić information content (AvgIpc) is 2.56. The molecule has 0 fully saturated rings. The van der Waals surface area contributed by atoms with Gasteiger partial charge in [-0.2, -0.15) is 0 Å². The molecule has 1 amide bonds. The minimum Gasteiger partial charge on any atom is -0.379 e. The summed E-state index contributed by atoms with van der Waals surface area (Å²) in [6.45, 7) is 4.17. The Labute approximate surface area is 157 Å². The molecular formula is C19H22ClN3O3. The highest BCUT2D eigenvalue weighted by Crippen LogP contribution is 2.23. The van der Waals surface area contributed by atoms with Gasteiger partial charge in [0.1, 0.15) is 5.69 Å². The van der Waals surface area contributed by atoms with Crippen LogP contribution >= 0.6 is 11.6 Å². The smallest absolute Gasteiger partial charge is 0.292 e. The van der Waals surface area contributed by atoms with Gasteiger partial charge in [-0.1, -0.05) is 41.9 Å². The number of carbonyl (C=O) groups is 1. The van der Waals surface area contributed by atoms with Gasteiger partial charge in [-0.25, -0.2) is 0 Å². The summed E-state index contributed by atoms with van der Waals surface area (Å²) in [6, 6.07) is 13.9. The van der Waals surface area contributed by atoms with Crippen LogP contribution < -0.4 is 10.6 Å². The van der Waals surface area contributed by atoms with Gasteiger partial charge >= 0.3 is 0 Å². The van der Waals surface area contributed by atoms with Gasteiger partial charge in [0.25, 0.3) is 5.69 Å². The first-order valence-corrected chi connectivity index (χ1v) is 8.68. The molecule has 2 aromatic carbocycles. The van der Waals surface area contributed by atoms with Crippen LogP contribution in [0.5, 0.6) is 0 Å². The highest BCUT2D eigenvalue weighted by Gasteiger charge is 2.22. The second-order valence-corrected chi connectivity index (χ2v) is 7.06. The van der Waals surface area contributed by atoms with E-state index in [2.05, 4.69) is 10.6 Å². The number of nitrogens with one attached hydrogen (secondary N) is 2. The van der Waals surface area contributed by atoms with Gasteiger partial charge in [0.05, 0.1) is 4.92 Å². The molecule has 0 aromatic heterocycles. The molecule has 0 spiro atoms. The van der Waals surface area contributed by atoms with Crippen LogP contribution in [-0.2, 0) is 11.2 Å². The van der Waals surface area contributed by atoms with Crippen LogP contribution in [-0.4, -0.2) is 22.9 Å². The van der Waals surface area contributed by atoms with E-state index in [1.807, 2.05) is 38.1 Å². The van der Waals surface area contributed by atoms with Crippen molar-refractivity contribution in [3.63, 3.8) is 0 Å². The van der Waals surface area contributed by atoms with Crippen molar-refractivity contribution in [2.45, 2.75) is 32.2 Å². The van der Waals surface area contributed by atoms with Crippen molar-refractivity contribution in [1.29, 1.82) is 0 Å². The molecule has 0 saturated heterocycles. The zero-order valence-electron chi connectivity index (χ0n) is 14.8. The maximum absolute atomic E-state index is 12.2. The normalized spacial score (nSPS) is 11.0. The maximum atomic E-state index is 12.2. The summed E-state index contributed by atoms with van der Waals surface area (Å²) >= 11 is 6.18. The quantitative estimate of drug-likeness (QED) is 0.535. The number of nitrogens with zero attached hydrogens (tertiary/aromatic N) is 1. The molecule has 2 aromatic rings. The van der Waals surface area contributed by atoms with Gasteiger partial charge in [0, 0.05) is 29.6 Å². The zero-order chi connectivity index (χ0) is 19.2. The number of halogens is 1. The number of hydrogen-bond acceptors (Lipinski definition) is 4. The van der Waals surface area contributed by atoms with Crippen molar-refractivity contribution in [3.05, 3.63) is 69.2 Å². The lowest BCUT2D eigenvalue weighted by molar-refractivity contribution is -0.384. The number of nitro groups is 1. The Balaban J connectivity index is 1.87. The topological polar surface area (TPSA) is 84.3 Å². The average molecular weight is 376 g/mol. The van der Waals surface area contributed by atoms with Crippen molar-refractivity contribution in [1.82, 2.24) is 5.32 Å². The van der Waals surface area contributed by atoms with Crippen LogP contribution in [0.25, 0.3) is 0 Å². The van der Waals surface area contributed by atoms with Crippen LogP contribution in [0.15, 0.2) is 48.5 Å². The molecule has 138 valence electrons. The van der Waals surface area contributed by atoms with Crippen molar-refractivity contribution >= 4 is 28.9 Å². The van der Waals surface area contributed by atoms with Crippen LogP contribution in [0.3, 0.4) is 0 Å². The number of hydrogen-bond donors (Lipinski definition) is 2. The molecule has 0 aliphatic heterocycles. The predicted molar refractivity (Wildman–Crippen MR) is 104 cm³/mol. The first-order valence-electron chi connectivity index (χ1n) is 8.30. The summed E-state index contributed by atoms with van der Waals surface area (Å²) in [5.74, 6) is -0.131. The number of carbonyl (C=O) groups excluding carboxylic acids is 1. The fourth-order valence-electron chi connectivity index (χ4n) is 2.70. The lowest BCUT2D eigenvalue weighted by Crippen LogP contribution is -2.45. The first-order chi connectivity index (χ1) is 12.3. The predicted octanol–water partition coefficient (Wildman–Crippen LogP) is 4.19. The Morgan fingerprint density at radius 1 is 1.15 bits per heavy atom. The Morgan fingerprint density at radius 2 is 1.81 bits per heavy atom. The highest BCUT2D eigenvalue weighted by molar-refractivity contribution is 6.31. The molecule has 0 bridgehead atoms. The van der Waals surface area contributed by atoms with Crippen LogP contribution in [0.4, 0.5) is 11.4 Å². The second kappa shape index (κ2) is 8.67. The molecule has 7 heteroatoms. The molecule has 2 rings (SSSR count). The van der Waals surface area contributed by atoms with Crippen LogP contribution in [0.2, 0.25) is 5.02 Å². The molecule has 0 heterocycles. The number of amides is 1. The van der Waals surface area contributed by atoms with Crippen LogP contribution in [0.1, 0.15) is 25.8 Å². The zero-order valence-corrected chi connectivity index (χ0v) is 15.5. The van der Waals surface area contributed by atoms with E-state index in [4.69, 9.17) is 11.6 Å². The number of nitro benzene ring substituents is 1. The molecule has 0 radical (unpaired) electrons. The monoisotopic (exact) mass is 375 g/mol. The van der Waals surface area contributed by atoms with E-state index in [0.29, 0.717) is 23.7 Å². The number of rotatable bonds is 8. The first kappa shape index (κ1) is 19.7. The van der Waals surface area contributed by atoms with Gasteiger partial charge in [-0.3, -0.25) is 14.9 Å². The van der Waals surface area contributed by atoms with Crippen LogP contribution in [0, 0.1) is 10.1 Å². The lowest BCUT2D eigenvalue weighted by atomic mass is 9.94. The Bertz CT molecular complexity index is 793. The molecule has 2 N–H and O–H groups in total. The molecule has 0 aliphatic carbocycles. The minimum absolute atomic E-state index is 0.00745. The Morgan fingerprint density at radius 3 is 2.50 bits per heavy atom. The summed E-state index contributed by atoms with van der Waals surface area (Å²) in [6.07, 6.45) is 0.813. The molecular weight excluding hydrogens is 354 g/mol. The summed E-state index contributed by atoms with van der Waals surface area (Å²) in [5, 5.41) is 17.6. The van der Waals surface area contributed by atoms with Crippen molar-refractivity contribution in [2.75, 3.05) is 11.9 Å². The SMILES string of the molecule is CC(C)(Cc1ccccc1Cl)NC(=O)CCNc1ccccc1[N+](=O)[O-]. The molecule has 6 nitrogen and oxygen atoms in total. The van der Waals surface area contributed by atoms with E-state index in [-0.39, 0.29) is 18.0 Å². The Hall–Kier alpha value is -2.60. The highest BCUT2D eigenvalue weighted by atomic mass is 35.5. The molecule has 0 saturated carbocycles. The van der Waals surface area contributed by atoms with Gasteiger partial charge in [0.2, 0.25) is 5.91 Å². The van der Waals surface area contributed by atoms with E-state index in [9.17, 15) is 14.9 Å². The largest absolute Gasteiger partial charge is 0.379 e. The number of para-hydroxylation sites is 2. The molecule has 0 atom stereocenters. The van der Waals surface area contributed by atoms with E-state index in [1.54, 1.807) is 18.2 Å². The second-order valence-electron chi connectivity index (χ2n) is 6.65. The van der Waals surface area contributed by atoms with E-state index < -0.39 is 10.5 Å². The van der Waals surface area contributed by atoms with E-state index >= 15 is 0 Å². The summed E-state index contributed by atoms with van der Waals surface area (Å²) in [7, 11) is 0. The summed E-state index contributed by atoms with van der Waals surface area (Å²) in [4.78, 5) is 22.8. The van der Waals surface area contributed by atoms with Gasteiger partial charge in [-0.15, -0.1) is 0 Å². The summed E-state index contributed by atoms with van der Waals surface area (Å²) < 4.78 is 0. The molecule has 0 aliphatic rings. The maximum Gasteiger partial charge on any atom is 0.292 e. The number of benzene rings is 2. The van der Waals surface area contributed by atoms with Crippen molar-refractivity contribution in [2.24, 2.45) is 0 Å². The van der Waals surface area contributed by atoms with Gasteiger partial charge < -0.3 is 10.6 Å². The fourth-order valence-corrected chi connectivity index (χ4v) is 2.90. The molecule has 0 unspecified atom stereocenters. The van der Waals surface area contributed by atoms with Gasteiger partial charge in [0.15, 0.2) is 0 Å². The third-order valence-corrected chi connectivity index (χ3v) is 4.21. The van der Waals surface area contributed by atoms with Gasteiger partial charge in [-0.05, 0) is 38.0 Å². The summed E-state index contributed by atoms with van der Waals surface area (Å²) in [5.41, 5.74) is 0.908. The number of anilines is 1. The minimum atomic E-state index is -0.458. The third-order valence-electron chi connectivity index (χ3n) is 3.84. The lowest BCUT2D eigenvalue weighted by Gasteiger charge is -2.27. The Kier molecular flexibility index (Phi) is 6.58. The van der Waals surface area contributed by atoms with E-state index in [0.717, 1.165) is 5.56 Å². The standard InChI is InChI=1S/C19H22ClN3O3/c1-19(2,13-14-7-3-4-8-15(14)20)22-18(24)11-12-21-16-9-5-6-10-17(16)23(25)26/h3-10,21H,11-13H2,1-2H3,(H,22,24). The third kappa shape index (κ3) is 5.74. The molecule has 26 heavy (non-hydrogen) atoms. The van der Waals surface area contributed by atoms with Crippen molar-refractivity contribution < 1.29 is 9.72 Å².